The van der Waals surface area contributed by atoms with Crippen molar-refractivity contribution in [1.29, 1.82) is 0 Å². The normalized spacial score (nSPS) is 20.4. The number of furan rings is 1. The summed E-state index contributed by atoms with van der Waals surface area (Å²) in [5, 5.41) is 0.827. The number of rotatable bonds is 4. The maximum Gasteiger partial charge on any atom is 0.229 e. The summed E-state index contributed by atoms with van der Waals surface area (Å²) in [6.07, 6.45) is 5.07. The molecule has 23 heavy (non-hydrogen) atoms. The molecule has 0 fully saturated rings. The number of carbonyl (C=O) groups excluding carboxylic acids is 1. The second-order valence-corrected chi connectivity index (χ2v) is 6.05. The number of ketones is 1. The average molecular weight is 315 g/mol. The summed E-state index contributed by atoms with van der Waals surface area (Å²) in [5.41, 5.74) is 2.08. The number of pyridine rings is 1. The minimum atomic E-state index is -1.07. The predicted molar refractivity (Wildman–Crippen MR) is 86.6 cm³/mol. The van der Waals surface area contributed by atoms with Gasteiger partial charge >= 0.3 is 0 Å². The Bertz CT molecular complexity index is 786. The molecule has 0 bridgehead atoms. The molecule has 122 valence electrons. The van der Waals surface area contributed by atoms with Gasteiger partial charge in [-0.25, -0.2) is 4.98 Å². The molecule has 0 aromatic carbocycles. The highest BCUT2D eigenvalue weighted by Crippen LogP contribution is 2.44. The van der Waals surface area contributed by atoms with Gasteiger partial charge < -0.3 is 13.9 Å². The number of fused-ring (bicyclic) bond motifs is 2. The standard InChI is InChI=1S/C18H21NO4/c1-11(2)7-9-18(22-4)14(20)6-5-12-15(21-3)13-8-10-23-17(13)19-16(12)18/h7-8,10H,5-6,9H2,1-4H3/t18-/m0/s1. The molecule has 0 saturated heterocycles. The molecular formula is C18H21NO4. The average Bonchev–Trinajstić information content (AvgIpc) is 3.00. The first-order valence-electron chi connectivity index (χ1n) is 7.70. The summed E-state index contributed by atoms with van der Waals surface area (Å²) in [6.45, 7) is 4.00. The quantitative estimate of drug-likeness (QED) is 0.807. The number of ether oxygens (including phenoxy) is 2. The van der Waals surface area contributed by atoms with Crippen molar-refractivity contribution in [2.45, 2.75) is 38.7 Å². The van der Waals surface area contributed by atoms with Crippen molar-refractivity contribution in [3.8, 4) is 5.75 Å². The number of methoxy groups -OCH3 is 2. The van der Waals surface area contributed by atoms with Crippen molar-refractivity contribution in [3.05, 3.63) is 35.2 Å². The van der Waals surface area contributed by atoms with Crippen LogP contribution in [0.25, 0.3) is 11.1 Å². The Hall–Kier alpha value is -2.14. The number of nitrogens with zero attached hydrogens (tertiary/aromatic N) is 1. The fourth-order valence-electron chi connectivity index (χ4n) is 3.22. The lowest BCUT2D eigenvalue weighted by atomic mass is 9.78. The Morgan fingerprint density at radius 1 is 1.39 bits per heavy atom. The van der Waals surface area contributed by atoms with E-state index in [2.05, 4.69) is 4.98 Å². The number of carbonyl (C=O) groups is 1. The fourth-order valence-corrected chi connectivity index (χ4v) is 3.22. The van der Waals surface area contributed by atoms with Crippen molar-refractivity contribution in [2.24, 2.45) is 0 Å². The molecule has 1 atom stereocenters. The molecule has 0 aliphatic heterocycles. The smallest absolute Gasteiger partial charge is 0.229 e. The Morgan fingerprint density at radius 3 is 2.83 bits per heavy atom. The summed E-state index contributed by atoms with van der Waals surface area (Å²) in [4.78, 5) is 17.3. The van der Waals surface area contributed by atoms with E-state index in [1.165, 1.54) is 0 Å². The Kier molecular flexibility index (Phi) is 3.98. The topological polar surface area (TPSA) is 61.6 Å². The largest absolute Gasteiger partial charge is 0.496 e. The van der Waals surface area contributed by atoms with E-state index < -0.39 is 5.60 Å². The third-order valence-electron chi connectivity index (χ3n) is 4.45. The van der Waals surface area contributed by atoms with E-state index in [1.807, 2.05) is 26.0 Å². The summed E-state index contributed by atoms with van der Waals surface area (Å²) in [7, 11) is 3.19. The molecule has 0 unspecified atom stereocenters. The summed E-state index contributed by atoms with van der Waals surface area (Å²) >= 11 is 0. The second-order valence-electron chi connectivity index (χ2n) is 6.05. The maximum atomic E-state index is 12.7. The van der Waals surface area contributed by atoms with Crippen molar-refractivity contribution in [3.63, 3.8) is 0 Å². The predicted octanol–water partition coefficient (Wildman–Crippen LogP) is 3.55. The molecule has 1 aliphatic rings. The third kappa shape index (κ3) is 2.36. The molecule has 0 radical (unpaired) electrons. The number of allylic oxidation sites excluding steroid dienone is 1. The van der Waals surface area contributed by atoms with Crippen LogP contribution in [-0.2, 0) is 21.6 Å². The number of hydrogen-bond acceptors (Lipinski definition) is 5. The third-order valence-corrected chi connectivity index (χ3v) is 4.45. The van der Waals surface area contributed by atoms with Gasteiger partial charge in [0.15, 0.2) is 11.4 Å². The minimum absolute atomic E-state index is 0.0467. The van der Waals surface area contributed by atoms with E-state index in [0.29, 0.717) is 30.7 Å². The Morgan fingerprint density at radius 2 is 2.17 bits per heavy atom. The number of hydrogen-bond donors (Lipinski definition) is 0. The lowest BCUT2D eigenvalue weighted by molar-refractivity contribution is -0.144. The molecule has 2 heterocycles. The van der Waals surface area contributed by atoms with Gasteiger partial charge in [-0.3, -0.25) is 4.79 Å². The molecule has 1 aliphatic carbocycles. The van der Waals surface area contributed by atoms with Crippen LogP contribution in [0.5, 0.6) is 5.75 Å². The molecule has 2 aromatic heterocycles. The number of aromatic nitrogens is 1. The highest BCUT2D eigenvalue weighted by Gasteiger charge is 2.46. The second kappa shape index (κ2) is 5.81. The van der Waals surface area contributed by atoms with Crippen LogP contribution in [0.1, 0.15) is 37.9 Å². The van der Waals surface area contributed by atoms with E-state index in [1.54, 1.807) is 20.5 Å². The summed E-state index contributed by atoms with van der Waals surface area (Å²) in [6, 6.07) is 1.84. The van der Waals surface area contributed by atoms with Crippen LogP contribution in [0.2, 0.25) is 0 Å². The van der Waals surface area contributed by atoms with Crippen LogP contribution in [0, 0.1) is 0 Å². The zero-order valence-corrected chi connectivity index (χ0v) is 13.9. The van der Waals surface area contributed by atoms with E-state index in [0.717, 1.165) is 22.3 Å². The SMILES string of the molecule is COc1c2c(nc3occc13)[C@@](CC=C(C)C)(OC)C(=O)CC2. The van der Waals surface area contributed by atoms with Gasteiger partial charge in [-0.2, -0.15) is 0 Å². The van der Waals surface area contributed by atoms with Crippen molar-refractivity contribution < 1.29 is 18.7 Å². The molecule has 0 saturated carbocycles. The van der Waals surface area contributed by atoms with Gasteiger partial charge in [-0.05, 0) is 26.3 Å². The van der Waals surface area contributed by atoms with Crippen molar-refractivity contribution in [2.75, 3.05) is 14.2 Å². The van der Waals surface area contributed by atoms with Crippen LogP contribution in [0.4, 0.5) is 0 Å². The van der Waals surface area contributed by atoms with Crippen molar-refractivity contribution >= 4 is 16.9 Å². The zero-order valence-electron chi connectivity index (χ0n) is 13.9. The molecular weight excluding hydrogens is 294 g/mol. The molecule has 3 rings (SSSR count). The van der Waals surface area contributed by atoms with Crippen LogP contribution in [0.3, 0.4) is 0 Å². The monoisotopic (exact) mass is 315 g/mol. The van der Waals surface area contributed by atoms with Gasteiger partial charge in [0.25, 0.3) is 0 Å². The molecule has 0 N–H and O–H groups in total. The van der Waals surface area contributed by atoms with Gasteiger partial charge in [0.1, 0.15) is 5.75 Å². The molecule has 2 aromatic rings. The summed E-state index contributed by atoms with van der Waals surface area (Å²) < 4.78 is 16.8. The molecule has 5 heteroatoms. The van der Waals surface area contributed by atoms with Crippen LogP contribution in [0.15, 0.2) is 28.4 Å². The van der Waals surface area contributed by atoms with Crippen molar-refractivity contribution in [1.82, 2.24) is 4.98 Å². The zero-order chi connectivity index (χ0) is 16.6. The molecule has 0 spiro atoms. The van der Waals surface area contributed by atoms with E-state index >= 15 is 0 Å². The highest BCUT2D eigenvalue weighted by molar-refractivity contribution is 5.93. The van der Waals surface area contributed by atoms with Gasteiger partial charge in [0.05, 0.1) is 24.5 Å². The van der Waals surface area contributed by atoms with Crippen LogP contribution < -0.4 is 4.74 Å². The first-order valence-corrected chi connectivity index (χ1v) is 7.70. The molecule has 0 amide bonds. The molecule has 5 nitrogen and oxygen atoms in total. The van der Waals surface area contributed by atoms with Crippen LogP contribution >= 0.6 is 0 Å². The first-order chi connectivity index (χ1) is 11.0. The lowest BCUT2D eigenvalue weighted by Gasteiger charge is -2.35. The van der Waals surface area contributed by atoms with E-state index in [4.69, 9.17) is 13.9 Å². The minimum Gasteiger partial charge on any atom is -0.496 e. The van der Waals surface area contributed by atoms with Crippen LogP contribution in [-0.4, -0.2) is 25.0 Å². The fraction of sp³-hybridized carbons (Fsp3) is 0.444. The Labute approximate surface area is 135 Å². The lowest BCUT2D eigenvalue weighted by Crippen LogP contribution is -2.42. The Balaban J connectivity index is 2.28. The van der Waals surface area contributed by atoms with E-state index in [-0.39, 0.29) is 5.78 Å². The van der Waals surface area contributed by atoms with Gasteiger partial charge in [0, 0.05) is 25.5 Å². The van der Waals surface area contributed by atoms with Gasteiger partial charge in [-0.1, -0.05) is 11.6 Å². The van der Waals surface area contributed by atoms with E-state index in [9.17, 15) is 4.79 Å². The highest BCUT2D eigenvalue weighted by atomic mass is 16.5. The summed E-state index contributed by atoms with van der Waals surface area (Å²) in [5.74, 6) is 0.773. The number of Topliss-reactive ketones (excluding diaryl/α,β-unsaturated/α-hetero) is 1. The van der Waals surface area contributed by atoms with Gasteiger partial charge in [-0.15, -0.1) is 0 Å². The van der Waals surface area contributed by atoms with Gasteiger partial charge in [0.2, 0.25) is 5.71 Å². The first kappa shape index (κ1) is 15.7. The maximum absolute atomic E-state index is 12.7.